The van der Waals surface area contributed by atoms with Crippen LogP contribution < -0.4 is 5.73 Å². The van der Waals surface area contributed by atoms with Gasteiger partial charge in [-0.15, -0.1) is 0 Å². The molecule has 0 saturated heterocycles. The van der Waals surface area contributed by atoms with Crippen molar-refractivity contribution in [2.45, 2.75) is 19.3 Å². The summed E-state index contributed by atoms with van der Waals surface area (Å²) in [6.45, 7) is 2.26. The van der Waals surface area contributed by atoms with Gasteiger partial charge in [-0.25, -0.2) is 9.59 Å². The molecule has 0 radical (unpaired) electrons. The van der Waals surface area contributed by atoms with Crippen LogP contribution in [0.25, 0.3) is 11.6 Å². The lowest BCUT2D eigenvalue weighted by Crippen LogP contribution is -2.05. The van der Waals surface area contributed by atoms with Gasteiger partial charge in [-0.1, -0.05) is 31.2 Å². The molecule has 2 aromatic rings. The Bertz CT molecular complexity index is 856. The van der Waals surface area contributed by atoms with Gasteiger partial charge in [-0.3, -0.25) is 4.98 Å². The molecule has 1 heterocycles. The maximum absolute atomic E-state index is 9.55. The predicted molar refractivity (Wildman–Crippen MR) is 100 cm³/mol. The number of hydrogen-bond donors (Lipinski definition) is 3. The first-order valence-corrected chi connectivity index (χ1v) is 8.02. The number of benzene rings is 1. The van der Waals surface area contributed by atoms with Crippen molar-refractivity contribution in [2.75, 3.05) is 5.73 Å². The monoisotopic (exact) mass is 352 g/mol. The van der Waals surface area contributed by atoms with Gasteiger partial charge in [0.1, 0.15) is 0 Å². The van der Waals surface area contributed by atoms with Crippen LogP contribution in [0, 0.1) is 0 Å². The number of pyridine rings is 1. The van der Waals surface area contributed by atoms with Crippen LogP contribution in [0.15, 0.2) is 54.7 Å². The Morgan fingerprint density at radius 3 is 2.42 bits per heavy atom. The van der Waals surface area contributed by atoms with E-state index in [4.69, 9.17) is 15.9 Å². The summed E-state index contributed by atoms with van der Waals surface area (Å²) in [5, 5.41) is 15.6. The van der Waals surface area contributed by atoms with Crippen molar-refractivity contribution in [1.29, 1.82) is 0 Å². The zero-order valence-corrected chi connectivity index (χ0v) is 14.3. The number of allylic oxidation sites excluding steroid dienone is 1. The van der Waals surface area contributed by atoms with Crippen LogP contribution in [0.5, 0.6) is 0 Å². The molecule has 1 atom stereocenters. The van der Waals surface area contributed by atoms with Crippen molar-refractivity contribution in [3.63, 3.8) is 0 Å². The van der Waals surface area contributed by atoms with Crippen LogP contribution in [0.1, 0.15) is 36.1 Å². The van der Waals surface area contributed by atoms with Gasteiger partial charge in [0.25, 0.3) is 0 Å². The van der Waals surface area contributed by atoms with E-state index < -0.39 is 11.9 Å². The van der Waals surface area contributed by atoms with E-state index in [-0.39, 0.29) is 0 Å². The molecule has 0 bridgehead atoms. The number of carbonyl (C=O) groups is 2. The third-order valence-corrected chi connectivity index (χ3v) is 3.86. The third kappa shape index (κ3) is 5.31. The normalized spacial score (nSPS) is 15.4. The van der Waals surface area contributed by atoms with E-state index in [9.17, 15) is 9.59 Å². The number of aliphatic carboxylic acids is 2. The molecule has 1 aromatic heterocycles. The number of anilines is 1. The Hall–Kier alpha value is -3.41. The average molecular weight is 352 g/mol. The molecule has 1 aliphatic carbocycles. The minimum atomic E-state index is -1.26. The van der Waals surface area contributed by atoms with Crippen molar-refractivity contribution in [3.8, 4) is 0 Å². The summed E-state index contributed by atoms with van der Waals surface area (Å²) in [6, 6.07) is 12.3. The summed E-state index contributed by atoms with van der Waals surface area (Å²) in [4.78, 5) is 23.5. The molecular weight excluding hydrogens is 332 g/mol. The van der Waals surface area contributed by atoms with Crippen LogP contribution in [0.2, 0.25) is 0 Å². The van der Waals surface area contributed by atoms with E-state index in [1.165, 1.54) is 16.7 Å². The number of hydrogen-bond acceptors (Lipinski definition) is 4. The van der Waals surface area contributed by atoms with Gasteiger partial charge < -0.3 is 15.9 Å². The number of carboxylic acids is 2. The van der Waals surface area contributed by atoms with Crippen molar-refractivity contribution < 1.29 is 19.8 Å². The highest BCUT2D eigenvalue weighted by atomic mass is 16.4. The lowest BCUT2D eigenvalue weighted by Gasteiger charge is -2.22. The summed E-state index contributed by atoms with van der Waals surface area (Å²) in [6.07, 6.45) is 6.14. The molecule has 0 spiro atoms. The lowest BCUT2D eigenvalue weighted by molar-refractivity contribution is -0.134. The number of carboxylic acid groups (broad SMARTS) is 2. The molecular formula is C20H20N2O4. The molecule has 6 heteroatoms. The molecule has 26 heavy (non-hydrogen) atoms. The Labute approximate surface area is 151 Å². The number of nitrogens with two attached hydrogens (primary N) is 1. The first-order chi connectivity index (χ1) is 12.4. The first kappa shape index (κ1) is 18.9. The molecule has 0 saturated carbocycles. The summed E-state index contributed by atoms with van der Waals surface area (Å²) in [5.74, 6) is -1.98. The fourth-order valence-electron chi connectivity index (χ4n) is 2.72. The number of rotatable bonds is 3. The van der Waals surface area contributed by atoms with E-state index in [0.29, 0.717) is 18.1 Å². The molecule has 1 aliphatic rings. The Morgan fingerprint density at radius 2 is 1.81 bits per heavy atom. The Kier molecular flexibility index (Phi) is 6.27. The standard InChI is InChI=1S/C16H16N2.C4H4O4/c1-11-8-13(16-10-14(17)6-7-18-16)9-12-4-2-3-5-15(11)12;5-3(6)1-2-4(7)8/h2-7,9-11H,8H2,1H3,(H2,17,18);1-2H,(H,5,6)(H,7,8)/b;2-1+. The van der Waals surface area contributed by atoms with Crippen molar-refractivity contribution in [3.05, 3.63) is 71.6 Å². The Morgan fingerprint density at radius 1 is 1.15 bits per heavy atom. The molecule has 1 aromatic carbocycles. The van der Waals surface area contributed by atoms with Gasteiger partial charge in [0.2, 0.25) is 0 Å². The minimum Gasteiger partial charge on any atom is -0.478 e. The highest BCUT2D eigenvalue weighted by molar-refractivity contribution is 5.89. The summed E-state index contributed by atoms with van der Waals surface area (Å²) < 4.78 is 0. The maximum Gasteiger partial charge on any atom is 0.328 e. The molecule has 0 aliphatic heterocycles. The second-order valence-electron chi connectivity index (χ2n) is 5.89. The second kappa shape index (κ2) is 8.62. The van der Waals surface area contributed by atoms with Gasteiger partial charge >= 0.3 is 11.9 Å². The van der Waals surface area contributed by atoms with Gasteiger partial charge in [-0.05, 0) is 47.2 Å². The van der Waals surface area contributed by atoms with Crippen molar-refractivity contribution in [1.82, 2.24) is 4.98 Å². The molecule has 4 N–H and O–H groups in total. The number of nitrogens with zero attached hydrogens (tertiary/aromatic N) is 1. The van der Waals surface area contributed by atoms with Crippen LogP contribution in [-0.2, 0) is 9.59 Å². The van der Waals surface area contributed by atoms with E-state index in [0.717, 1.165) is 17.8 Å². The van der Waals surface area contributed by atoms with E-state index in [1.54, 1.807) is 6.20 Å². The summed E-state index contributed by atoms with van der Waals surface area (Å²) in [5.41, 5.74) is 11.6. The van der Waals surface area contributed by atoms with Crippen LogP contribution in [0.4, 0.5) is 5.69 Å². The molecule has 0 fully saturated rings. The number of aromatic nitrogens is 1. The van der Waals surface area contributed by atoms with Crippen molar-refractivity contribution >= 4 is 29.3 Å². The number of nitrogen functional groups attached to an aromatic ring is 1. The number of fused-ring (bicyclic) bond motifs is 1. The molecule has 6 nitrogen and oxygen atoms in total. The molecule has 1 unspecified atom stereocenters. The molecule has 0 amide bonds. The third-order valence-electron chi connectivity index (χ3n) is 3.86. The van der Waals surface area contributed by atoms with E-state index in [1.807, 2.05) is 12.1 Å². The SMILES string of the molecule is CC1CC(c2cc(N)ccn2)=Cc2ccccc21.O=C(O)/C=C/C(=O)O. The van der Waals surface area contributed by atoms with Crippen molar-refractivity contribution in [2.24, 2.45) is 0 Å². The first-order valence-electron chi connectivity index (χ1n) is 8.02. The minimum absolute atomic E-state index is 0.532. The summed E-state index contributed by atoms with van der Waals surface area (Å²) >= 11 is 0. The van der Waals surface area contributed by atoms with Gasteiger partial charge in [0, 0.05) is 24.0 Å². The lowest BCUT2D eigenvalue weighted by atomic mass is 9.83. The Balaban J connectivity index is 0.000000260. The fourth-order valence-corrected chi connectivity index (χ4v) is 2.72. The van der Waals surface area contributed by atoms with Gasteiger partial charge in [0.05, 0.1) is 5.69 Å². The van der Waals surface area contributed by atoms with Gasteiger partial charge in [0.15, 0.2) is 0 Å². The predicted octanol–water partition coefficient (Wildman–Crippen LogP) is 3.42. The summed E-state index contributed by atoms with van der Waals surface area (Å²) in [7, 11) is 0. The van der Waals surface area contributed by atoms with Gasteiger partial charge in [-0.2, -0.15) is 0 Å². The van der Waals surface area contributed by atoms with Crippen LogP contribution in [0.3, 0.4) is 0 Å². The zero-order chi connectivity index (χ0) is 19.1. The van der Waals surface area contributed by atoms with Crippen LogP contribution >= 0.6 is 0 Å². The average Bonchev–Trinajstić information content (AvgIpc) is 2.60. The van der Waals surface area contributed by atoms with E-state index in [2.05, 4.69) is 42.2 Å². The highest BCUT2D eigenvalue weighted by Gasteiger charge is 2.18. The zero-order valence-electron chi connectivity index (χ0n) is 14.3. The van der Waals surface area contributed by atoms with E-state index >= 15 is 0 Å². The second-order valence-corrected chi connectivity index (χ2v) is 5.89. The largest absolute Gasteiger partial charge is 0.478 e. The molecule has 134 valence electrons. The topological polar surface area (TPSA) is 114 Å². The molecule has 3 rings (SSSR count). The van der Waals surface area contributed by atoms with Crippen LogP contribution in [-0.4, -0.2) is 27.1 Å². The quantitative estimate of drug-likeness (QED) is 0.729. The fraction of sp³-hybridized carbons (Fsp3) is 0.150. The maximum atomic E-state index is 9.55. The highest BCUT2D eigenvalue weighted by Crippen LogP contribution is 2.37. The smallest absolute Gasteiger partial charge is 0.328 e.